The van der Waals surface area contributed by atoms with E-state index in [-0.39, 0.29) is 29.1 Å². The lowest BCUT2D eigenvalue weighted by molar-refractivity contribution is -0.136. The summed E-state index contributed by atoms with van der Waals surface area (Å²) in [5, 5.41) is 3.10. The summed E-state index contributed by atoms with van der Waals surface area (Å²) in [6.07, 6.45) is 0.635. The first-order valence-corrected chi connectivity index (χ1v) is 10.4. The maximum absolute atomic E-state index is 13.0. The lowest BCUT2D eigenvalue weighted by Crippen LogP contribution is -2.52. The van der Waals surface area contributed by atoms with Gasteiger partial charge in [0.25, 0.3) is 0 Å². The molecule has 2 fully saturated rings. The van der Waals surface area contributed by atoms with E-state index in [1.807, 2.05) is 0 Å². The highest BCUT2D eigenvalue weighted by molar-refractivity contribution is 7.89. The van der Waals surface area contributed by atoms with Gasteiger partial charge in [0, 0.05) is 45.3 Å². The summed E-state index contributed by atoms with van der Waals surface area (Å²) in [5.41, 5.74) is 0. The molecule has 3 heterocycles. The van der Waals surface area contributed by atoms with E-state index >= 15 is 0 Å². The Bertz CT molecular complexity index is 800. The van der Waals surface area contributed by atoms with Crippen LogP contribution in [0.5, 0.6) is 11.5 Å². The molecule has 0 aromatic heterocycles. The van der Waals surface area contributed by atoms with Crippen LogP contribution in [0.1, 0.15) is 6.42 Å². The average molecular weight is 418 g/mol. The molecule has 0 atom stereocenters. The van der Waals surface area contributed by atoms with Gasteiger partial charge in [-0.05, 0) is 18.6 Å². The van der Waals surface area contributed by atoms with Gasteiger partial charge in [-0.2, -0.15) is 4.31 Å². The van der Waals surface area contributed by atoms with Crippen LogP contribution in [0.15, 0.2) is 23.1 Å². The van der Waals surface area contributed by atoms with Gasteiger partial charge in [-0.25, -0.2) is 8.42 Å². The summed E-state index contributed by atoms with van der Waals surface area (Å²) in [5.74, 6) is 1.19. The molecule has 10 heteroatoms. The van der Waals surface area contributed by atoms with Crippen LogP contribution in [-0.4, -0.2) is 76.0 Å². The van der Waals surface area contributed by atoms with Crippen molar-refractivity contribution in [1.82, 2.24) is 14.5 Å². The molecule has 0 bridgehead atoms. The van der Waals surface area contributed by atoms with Crippen molar-refractivity contribution in [3.63, 3.8) is 0 Å². The number of carbonyl (C=O) groups is 1. The van der Waals surface area contributed by atoms with Crippen molar-refractivity contribution in [2.75, 3.05) is 52.5 Å². The lowest BCUT2D eigenvalue weighted by atomic mass is 10.0. The number of benzene rings is 1. The van der Waals surface area contributed by atoms with E-state index in [9.17, 15) is 13.2 Å². The molecule has 0 saturated carbocycles. The normalized spacial score (nSPS) is 21.0. The summed E-state index contributed by atoms with van der Waals surface area (Å²) in [6, 6.07) is 4.72. The van der Waals surface area contributed by atoms with Gasteiger partial charge in [0.2, 0.25) is 15.9 Å². The smallest absolute Gasteiger partial charge is 0.243 e. The summed E-state index contributed by atoms with van der Waals surface area (Å²) >= 11 is 0. The number of hydrogen-bond donors (Lipinski definition) is 1. The highest BCUT2D eigenvalue weighted by Gasteiger charge is 2.33. The van der Waals surface area contributed by atoms with Crippen LogP contribution in [-0.2, 0) is 14.8 Å². The van der Waals surface area contributed by atoms with Crippen LogP contribution < -0.4 is 14.8 Å². The largest absolute Gasteiger partial charge is 0.486 e. The minimum atomic E-state index is -3.63. The molecule has 1 N–H and O–H groups in total. The van der Waals surface area contributed by atoms with Gasteiger partial charge in [-0.3, -0.25) is 4.79 Å². The number of fused-ring (bicyclic) bond motifs is 1. The van der Waals surface area contributed by atoms with E-state index in [4.69, 9.17) is 9.47 Å². The molecule has 150 valence electrons. The van der Waals surface area contributed by atoms with Gasteiger partial charge in [0.05, 0.1) is 10.8 Å². The quantitative estimate of drug-likeness (QED) is 0.762. The summed E-state index contributed by atoms with van der Waals surface area (Å²) in [4.78, 5) is 14.4. The minimum Gasteiger partial charge on any atom is -0.486 e. The van der Waals surface area contributed by atoms with Crippen LogP contribution >= 0.6 is 12.4 Å². The fourth-order valence-corrected chi connectivity index (χ4v) is 4.89. The predicted octanol–water partition coefficient (Wildman–Crippen LogP) is 0.322. The highest BCUT2D eigenvalue weighted by Crippen LogP contribution is 2.33. The van der Waals surface area contributed by atoms with Crippen LogP contribution in [0.2, 0.25) is 0 Å². The van der Waals surface area contributed by atoms with Crippen LogP contribution in [0.3, 0.4) is 0 Å². The Morgan fingerprint density at radius 3 is 2.48 bits per heavy atom. The summed E-state index contributed by atoms with van der Waals surface area (Å²) in [6.45, 7) is 4.05. The molecule has 8 nitrogen and oxygen atoms in total. The monoisotopic (exact) mass is 417 g/mol. The van der Waals surface area contributed by atoms with Crippen LogP contribution in [0.4, 0.5) is 0 Å². The van der Waals surface area contributed by atoms with Crippen molar-refractivity contribution in [2.24, 2.45) is 5.92 Å². The third kappa shape index (κ3) is 4.01. The molecule has 0 spiro atoms. The first kappa shape index (κ1) is 20.2. The van der Waals surface area contributed by atoms with Crippen molar-refractivity contribution in [3.05, 3.63) is 18.2 Å². The Kier molecular flexibility index (Phi) is 6.15. The molecule has 0 aliphatic carbocycles. The predicted molar refractivity (Wildman–Crippen MR) is 101 cm³/mol. The Hall–Kier alpha value is -1.55. The molecule has 1 aromatic carbocycles. The SMILES string of the molecule is Cl.O=C(C1CNC1)N1CCCN(S(=O)(=O)c2ccc3c(c2)OCCO3)CC1. The van der Waals surface area contributed by atoms with Gasteiger partial charge in [-0.1, -0.05) is 0 Å². The fraction of sp³-hybridized carbons (Fsp3) is 0.588. The van der Waals surface area contributed by atoms with E-state index in [2.05, 4.69) is 5.32 Å². The Morgan fingerprint density at radius 2 is 1.78 bits per heavy atom. The van der Waals surface area contributed by atoms with Crippen LogP contribution in [0.25, 0.3) is 0 Å². The number of hydrogen-bond acceptors (Lipinski definition) is 6. The molecule has 1 amide bonds. The maximum atomic E-state index is 13.0. The topological polar surface area (TPSA) is 88.2 Å². The first-order valence-electron chi connectivity index (χ1n) is 8.95. The van der Waals surface area contributed by atoms with Crippen molar-refractivity contribution < 1.29 is 22.7 Å². The summed E-state index contributed by atoms with van der Waals surface area (Å²) in [7, 11) is -3.63. The third-order valence-corrected chi connectivity index (χ3v) is 6.94. The molecular weight excluding hydrogens is 394 g/mol. The molecule has 1 aromatic rings. The summed E-state index contributed by atoms with van der Waals surface area (Å²) < 4.78 is 38.5. The number of carbonyl (C=O) groups excluding carboxylic acids is 1. The van der Waals surface area contributed by atoms with E-state index in [1.165, 1.54) is 10.4 Å². The van der Waals surface area contributed by atoms with Gasteiger partial charge in [-0.15, -0.1) is 12.4 Å². The second-order valence-electron chi connectivity index (χ2n) is 6.74. The van der Waals surface area contributed by atoms with Crippen molar-refractivity contribution >= 4 is 28.3 Å². The minimum absolute atomic E-state index is 0. The number of nitrogens with one attached hydrogen (secondary N) is 1. The Balaban J connectivity index is 0.00000210. The van der Waals surface area contributed by atoms with E-state index in [1.54, 1.807) is 17.0 Å². The second kappa shape index (κ2) is 8.22. The lowest BCUT2D eigenvalue weighted by Gasteiger charge is -2.31. The zero-order valence-electron chi connectivity index (χ0n) is 14.9. The molecule has 3 aliphatic heterocycles. The first-order chi connectivity index (χ1) is 12.6. The Labute approximate surface area is 165 Å². The van der Waals surface area contributed by atoms with Gasteiger partial charge < -0.3 is 19.7 Å². The molecular formula is C17H24ClN3O5S. The average Bonchev–Trinajstić information content (AvgIpc) is 2.86. The molecule has 27 heavy (non-hydrogen) atoms. The number of nitrogens with zero attached hydrogens (tertiary/aromatic N) is 2. The number of ether oxygens (including phenoxy) is 2. The maximum Gasteiger partial charge on any atom is 0.243 e. The molecule has 4 rings (SSSR count). The number of rotatable bonds is 3. The third-order valence-electron chi connectivity index (χ3n) is 5.05. The second-order valence-corrected chi connectivity index (χ2v) is 8.68. The van der Waals surface area contributed by atoms with Gasteiger partial charge in [0.1, 0.15) is 13.2 Å². The van der Waals surface area contributed by atoms with Gasteiger partial charge in [0.15, 0.2) is 11.5 Å². The van der Waals surface area contributed by atoms with E-state index in [0.717, 1.165) is 0 Å². The van der Waals surface area contributed by atoms with E-state index < -0.39 is 10.0 Å². The molecule has 3 aliphatic rings. The highest BCUT2D eigenvalue weighted by atomic mass is 35.5. The van der Waals surface area contributed by atoms with Crippen molar-refractivity contribution in [1.29, 1.82) is 0 Å². The van der Waals surface area contributed by atoms with Crippen molar-refractivity contribution in [3.8, 4) is 11.5 Å². The fourth-order valence-electron chi connectivity index (χ4n) is 3.41. The van der Waals surface area contributed by atoms with Gasteiger partial charge >= 0.3 is 0 Å². The molecule has 0 radical (unpaired) electrons. The standard InChI is InChI=1S/C17H23N3O5S.ClH/c21-17(13-11-18-12-13)19-4-1-5-20(7-6-19)26(22,23)14-2-3-15-16(10-14)25-9-8-24-15;/h2-3,10,13,18H,1,4-9,11-12H2;1H. The zero-order chi connectivity index (χ0) is 18.1. The van der Waals surface area contributed by atoms with Crippen molar-refractivity contribution in [2.45, 2.75) is 11.3 Å². The number of sulfonamides is 1. The molecule has 0 unspecified atom stereocenters. The Morgan fingerprint density at radius 1 is 1.04 bits per heavy atom. The zero-order valence-corrected chi connectivity index (χ0v) is 16.6. The van der Waals surface area contributed by atoms with E-state index in [0.29, 0.717) is 70.4 Å². The number of amides is 1. The molecule has 2 saturated heterocycles. The number of halogens is 1. The van der Waals surface area contributed by atoms with Crippen LogP contribution in [0, 0.1) is 5.92 Å².